The van der Waals surface area contributed by atoms with Gasteiger partial charge >= 0.3 is 0 Å². The second kappa shape index (κ2) is 9.82. The summed E-state index contributed by atoms with van der Waals surface area (Å²) in [5, 5.41) is 8.94. The molecular formula is C22H25N5O3S. The second-order valence-electron chi connectivity index (χ2n) is 7.54. The van der Waals surface area contributed by atoms with Crippen LogP contribution in [-0.4, -0.2) is 44.4 Å². The molecule has 4 heterocycles. The van der Waals surface area contributed by atoms with Crippen LogP contribution in [-0.2, 0) is 29.0 Å². The number of nitrogens with one attached hydrogen (secondary N) is 1. The molecule has 0 aromatic carbocycles. The van der Waals surface area contributed by atoms with Gasteiger partial charge in [-0.05, 0) is 42.0 Å². The van der Waals surface area contributed by atoms with Crippen LogP contribution in [0.15, 0.2) is 40.5 Å². The Hall–Kier alpha value is -3.07. The van der Waals surface area contributed by atoms with Crippen molar-refractivity contribution < 1.29 is 14.1 Å². The standard InChI is InChI=1S/C22H25N5O3S/c1-2-3-17(22(29)27-12-8-18-16(14-27)9-13-31-18)24-19(28)4-5-20-25-21(26-30-20)15-6-10-23-11-7-15/h6-7,9-11,13,17H,2-5,8,12,14H2,1H3,(H,24,28). The van der Waals surface area contributed by atoms with Crippen LogP contribution in [0.25, 0.3) is 11.4 Å². The van der Waals surface area contributed by atoms with E-state index in [1.165, 1.54) is 10.4 Å². The van der Waals surface area contributed by atoms with Crippen molar-refractivity contribution in [3.8, 4) is 11.4 Å². The molecule has 2 amide bonds. The zero-order valence-electron chi connectivity index (χ0n) is 17.4. The first-order valence-corrected chi connectivity index (χ1v) is 11.4. The van der Waals surface area contributed by atoms with Crippen LogP contribution < -0.4 is 5.32 Å². The third kappa shape index (κ3) is 5.16. The Balaban J connectivity index is 1.32. The minimum atomic E-state index is -0.507. The third-order valence-corrected chi connectivity index (χ3v) is 6.33. The number of pyridine rings is 1. The average Bonchev–Trinajstić information content (AvgIpc) is 3.46. The van der Waals surface area contributed by atoms with E-state index < -0.39 is 6.04 Å². The fourth-order valence-corrected chi connectivity index (χ4v) is 4.55. The maximum Gasteiger partial charge on any atom is 0.245 e. The van der Waals surface area contributed by atoms with Gasteiger partial charge in [0.2, 0.25) is 23.5 Å². The maximum absolute atomic E-state index is 13.1. The smallest absolute Gasteiger partial charge is 0.245 e. The van der Waals surface area contributed by atoms with Crippen molar-refractivity contribution in [2.45, 2.75) is 51.6 Å². The molecule has 1 N–H and O–H groups in total. The number of thiophene rings is 1. The van der Waals surface area contributed by atoms with Crippen molar-refractivity contribution in [3.05, 3.63) is 52.3 Å². The summed E-state index contributed by atoms with van der Waals surface area (Å²) < 4.78 is 5.25. The highest BCUT2D eigenvalue weighted by Gasteiger charge is 2.28. The lowest BCUT2D eigenvalue weighted by Gasteiger charge is -2.30. The van der Waals surface area contributed by atoms with Crippen LogP contribution in [0, 0.1) is 0 Å². The fraction of sp³-hybridized carbons (Fsp3) is 0.409. The molecule has 1 atom stereocenters. The van der Waals surface area contributed by atoms with Gasteiger partial charge in [-0.15, -0.1) is 11.3 Å². The van der Waals surface area contributed by atoms with E-state index in [1.807, 2.05) is 11.8 Å². The van der Waals surface area contributed by atoms with Crippen LogP contribution in [0.2, 0.25) is 0 Å². The number of carbonyl (C=O) groups is 2. The first-order valence-electron chi connectivity index (χ1n) is 10.5. The SMILES string of the molecule is CCCC(NC(=O)CCc1nc(-c2ccncc2)no1)C(=O)N1CCc2sccc2C1. The first kappa shape index (κ1) is 21.2. The summed E-state index contributed by atoms with van der Waals surface area (Å²) in [5.41, 5.74) is 2.02. The van der Waals surface area contributed by atoms with Gasteiger partial charge in [0, 0.05) is 48.8 Å². The number of nitrogens with zero attached hydrogens (tertiary/aromatic N) is 4. The highest BCUT2D eigenvalue weighted by molar-refractivity contribution is 7.10. The number of amides is 2. The summed E-state index contributed by atoms with van der Waals surface area (Å²) >= 11 is 1.74. The molecule has 31 heavy (non-hydrogen) atoms. The van der Waals surface area contributed by atoms with E-state index in [-0.39, 0.29) is 18.2 Å². The molecule has 3 aromatic rings. The molecule has 0 saturated carbocycles. The Kier molecular flexibility index (Phi) is 6.71. The molecule has 1 unspecified atom stereocenters. The summed E-state index contributed by atoms with van der Waals surface area (Å²) in [5.74, 6) is 0.657. The molecule has 0 spiro atoms. The molecule has 1 aliphatic rings. The zero-order chi connectivity index (χ0) is 21.6. The number of hydrogen-bond donors (Lipinski definition) is 1. The van der Waals surface area contributed by atoms with Gasteiger partial charge < -0.3 is 14.7 Å². The van der Waals surface area contributed by atoms with E-state index in [4.69, 9.17) is 4.52 Å². The number of hydrogen-bond acceptors (Lipinski definition) is 7. The lowest BCUT2D eigenvalue weighted by molar-refractivity contribution is -0.137. The topological polar surface area (TPSA) is 101 Å². The average molecular weight is 440 g/mol. The zero-order valence-corrected chi connectivity index (χ0v) is 18.2. The first-order chi connectivity index (χ1) is 15.1. The molecule has 1 aliphatic heterocycles. The molecule has 0 aliphatic carbocycles. The van der Waals surface area contributed by atoms with Crippen molar-refractivity contribution in [1.82, 2.24) is 25.3 Å². The Morgan fingerprint density at radius 1 is 1.29 bits per heavy atom. The van der Waals surface area contributed by atoms with Crippen LogP contribution >= 0.6 is 11.3 Å². The number of aromatic nitrogens is 3. The van der Waals surface area contributed by atoms with Gasteiger partial charge in [-0.2, -0.15) is 4.98 Å². The maximum atomic E-state index is 13.1. The van der Waals surface area contributed by atoms with Gasteiger partial charge in [0.25, 0.3) is 0 Å². The molecule has 9 heteroatoms. The Bertz CT molecular complexity index is 1030. The molecule has 8 nitrogen and oxygen atoms in total. The Morgan fingerprint density at radius 3 is 2.94 bits per heavy atom. The Labute approximate surface area is 184 Å². The molecule has 0 saturated heterocycles. The fourth-order valence-electron chi connectivity index (χ4n) is 3.66. The van der Waals surface area contributed by atoms with Crippen molar-refractivity contribution in [1.29, 1.82) is 0 Å². The number of fused-ring (bicyclic) bond motifs is 1. The van der Waals surface area contributed by atoms with Crippen molar-refractivity contribution in [2.24, 2.45) is 0 Å². The van der Waals surface area contributed by atoms with Gasteiger partial charge in [0.1, 0.15) is 6.04 Å². The quantitative estimate of drug-likeness (QED) is 0.579. The van der Waals surface area contributed by atoms with Crippen LogP contribution in [0.5, 0.6) is 0 Å². The summed E-state index contributed by atoms with van der Waals surface area (Å²) in [4.78, 5) is 37.1. The number of aryl methyl sites for hydroxylation is 1. The van der Waals surface area contributed by atoms with E-state index >= 15 is 0 Å². The van der Waals surface area contributed by atoms with Gasteiger partial charge in [0.15, 0.2) is 0 Å². The lowest BCUT2D eigenvalue weighted by atomic mass is 10.1. The van der Waals surface area contributed by atoms with Gasteiger partial charge in [-0.1, -0.05) is 18.5 Å². The van der Waals surface area contributed by atoms with Gasteiger partial charge in [-0.25, -0.2) is 0 Å². The number of carbonyl (C=O) groups excluding carboxylic acids is 2. The summed E-state index contributed by atoms with van der Waals surface area (Å²) in [7, 11) is 0. The molecule has 0 fully saturated rings. The number of rotatable bonds is 8. The third-order valence-electron chi connectivity index (χ3n) is 5.30. The van der Waals surface area contributed by atoms with Crippen molar-refractivity contribution in [2.75, 3.05) is 6.54 Å². The van der Waals surface area contributed by atoms with E-state index in [0.29, 0.717) is 37.6 Å². The monoisotopic (exact) mass is 439 g/mol. The van der Waals surface area contributed by atoms with Crippen LogP contribution in [0.4, 0.5) is 0 Å². The molecule has 162 valence electrons. The normalized spacial score (nSPS) is 14.2. The second-order valence-corrected chi connectivity index (χ2v) is 8.54. The van der Waals surface area contributed by atoms with E-state index in [1.54, 1.807) is 35.9 Å². The van der Waals surface area contributed by atoms with Gasteiger partial charge in [0.05, 0.1) is 0 Å². The van der Waals surface area contributed by atoms with Crippen LogP contribution in [0.3, 0.4) is 0 Å². The molecular weight excluding hydrogens is 414 g/mol. The summed E-state index contributed by atoms with van der Waals surface area (Å²) in [6.07, 6.45) is 6.12. The van der Waals surface area contributed by atoms with E-state index in [9.17, 15) is 9.59 Å². The molecule has 0 bridgehead atoms. The Morgan fingerprint density at radius 2 is 2.13 bits per heavy atom. The highest BCUT2D eigenvalue weighted by Crippen LogP contribution is 2.24. The predicted molar refractivity (Wildman–Crippen MR) is 116 cm³/mol. The van der Waals surface area contributed by atoms with Crippen molar-refractivity contribution in [3.63, 3.8) is 0 Å². The molecule has 4 rings (SSSR count). The van der Waals surface area contributed by atoms with Gasteiger partial charge in [-0.3, -0.25) is 14.6 Å². The minimum absolute atomic E-state index is 0.00943. The predicted octanol–water partition coefficient (Wildman–Crippen LogP) is 3.00. The highest BCUT2D eigenvalue weighted by atomic mass is 32.1. The summed E-state index contributed by atoms with van der Waals surface area (Å²) in [6.45, 7) is 3.33. The van der Waals surface area contributed by atoms with E-state index in [2.05, 4.69) is 31.9 Å². The summed E-state index contributed by atoms with van der Waals surface area (Å²) in [6, 6.07) is 5.16. The molecule has 3 aromatic heterocycles. The van der Waals surface area contributed by atoms with Crippen molar-refractivity contribution >= 4 is 23.2 Å². The van der Waals surface area contributed by atoms with Crippen LogP contribution in [0.1, 0.15) is 42.5 Å². The molecule has 0 radical (unpaired) electrons. The van der Waals surface area contributed by atoms with E-state index in [0.717, 1.165) is 18.4 Å². The lowest BCUT2D eigenvalue weighted by Crippen LogP contribution is -2.49. The minimum Gasteiger partial charge on any atom is -0.344 e. The largest absolute Gasteiger partial charge is 0.344 e.